The van der Waals surface area contributed by atoms with Gasteiger partial charge in [0.25, 0.3) is 0 Å². The Balaban J connectivity index is 0.00000200. The lowest BCUT2D eigenvalue weighted by molar-refractivity contribution is -0.134. The van der Waals surface area contributed by atoms with E-state index in [4.69, 9.17) is 5.73 Å². The molecule has 20 heavy (non-hydrogen) atoms. The van der Waals surface area contributed by atoms with Gasteiger partial charge in [-0.1, -0.05) is 18.6 Å². The highest BCUT2D eigenvalue weighted by atomic mass is 35.5. The molecule has 1 aliphatic rings. The van der Waals surface area contributed by atoms with Gasteiger partial charge < -0.3 is 16.0 Å². The van der Waals surface area contributed by atoms with Gasteiger partial charge in [0, 0.05) is 13.0 Å². The highest BCUT2D eigenvalue weighted by Crippen LogP contribution is 2.17. The predicted molar refractivity (Wildman–Crippen MR) is 81.8 cm³/mol. The minimum Gasteiger partial charge on any atom is -0.397 e. The van der Waals surface area contributed by atoms with Crippen LogP contribution in [0.25, 0.3) is 0 Å². The van der Waals surface area contributed by atoms with Gasteiger partial charge in [-0.15, -0.1) is 12.4 Å². The molecule has 0 aliphatic carbocycles. The van der Waals surface area contributed by atoms with Crippen LogP contribution in [0.2, 0.25) is 0 Å². The molecule has 0 radical (unpaired) electrons. The highest BCUT2D eigenvalue weighted by molar-refractivity contribution is 5.96. The molecule has 5 nitrogen and oxygen atoms in total. The third-order valence-electron chi connectivity index (χ3n) is 3.24. The molecule has 3 N–H and O–H groups in total. The summed E-state index contributed by atoms with van der Waals surface area (Å²) in [5.41, 5.74) is 6.88. The van der Waals surface area contributed by atoms with E-state index in [1.54, 1.807) is 17.0 Å². The number of nitrogens with zero attached hydrogens (tertiary/aromatic N) is 1. The average Bonchev–Trinajstić information content (AvgIpc) is 2.58. The molecule has 6 heteroatoms. The summed E-state index contributed by atoms with van der Waals surface area (Å²) in [6.07, 6.45) is 3.48. The predicted octanol–water partition coefficient (Wildman–Crippen LogP) is 2.03. The number of nitrogens with two attached hydrogens (primary N) is 1. The summed E-state index contributed by atoms with van der Waals surface area (Å²) in [4.78, 5) is 25.3. The molecule has 1 saturated heterocycles. The molecular weight excluding hydrogens is 278 g/mol. The maximum atomic E-state index is 11.9. The van der Waals surface area contributed by atoms with Gasteiger partial charge in [0.15, 0.2) is 0 Å². The highest BCUT2D eigenvalue weighted by Gasteiger charge is 2.19. The van der Waals surface area contributed by atoms with Crippen molar-refractivity contribution < 1.29 is 9.59 Å². The summed E-state index contributed by atoms with van der Waals surface area (Å²) in [7, 11) is 0. The van der Waals surface area contributed by atoms with Crippen LogP contribution in [0, 0.1) is 0 Å². The first-order chi connectivity index (χ1) is 9.16. The Morgan fingerprint density at radius 2 is 2.00 bits per heavy atom. The van der Waals surface area contributed by atoms with Crippen molar-refractivity contribution in [3.05, 3.63) is 24.3 Å². The van der Waals surface area contributed by atoms with Crippen molar-refractivity contribution in [3.8, 4) is 0 Å². The van der Waals surface area contributed by atoms with Crippen molar-refractivity contribution in [2.24, 2.45) is 0 Å². The Bertz CT molecular complexity index is 479. The Morgan fingerprint density at radius 3 is 2.75 bits per heavy atom. The molecule has 0 unspecified atom stereocenters. The number of para-hydroxylation sites is 2. The van der Waals surface area contributed by atoms with Crippen LogP contribution in [-0.4, -0.2) is 29.8 Å². The third kappa shape index (κ3) is 4.42. The molecule has 0 spiro atoms. The zero-order valence-electron chi connectivity index (χ0n) is 11.3. The summed E-state index contributed by atoms with van der Waals surface area (Å²) in [5, 5.41) is 2.74. The van der Waals surface area contributed by atoms with Crippen LogP contribution in [0.15, 0.2) is 24.3 Å². The molecule has 2 amide bonds. The van der Waals surface area contributed by atoms with E-state index in [2.05, 4.69) is 5.32 Å². The number of nitrogens with one attached hydrogen (secondary N) is 1. The number of nitrogen functional groups attached to an aromatic ring is 1. The number of amides is 2. The number of hydrogen-bond donors (Lipinski definition) is 2. The fraction of sp³-hybridized carbons (Fsp3) is 0.429. The van der Waals surface area contributed by atoms with Crippen molar-refractivity contribution in [2.45, 2.75) is 25.7 Å². The third-order valence-corrected chi connectivity index (χ3v) is 3.24. The monoisotopic (exact) mass is 297 g/mol. The number of carbonyl (C=O) groups is 2. The number of benzene rings is 1. The van der Waals surface area contributed by atoms with E-state index < -0.39 is 0 Å². The molecule has 0 atom stereocenters. The van der Waals surface area contributed by atoms with Crippen molar-refractivity contribution >= 4 is 35.6 Å². The second-order valence-electron chi connectivity index (χ2n) is 4.76. The molecule has 0 bridgehead atoms. The summed E-state index contributed by atoms with van der Waals surface area (Å²) >= 11 is 0. The van der Waals surface area contributed by atoms with Gasteiger partial charge in [0.05, 0.1) is 17.9 Å². The van der Waals surface area contributed by atoms with Crippen molar-refractivity contribution in [1.82, 2.24) is 4.90 Å². The standard InChI is InChI=1S/C14H19N3O2.ClH/c15-11-6-3-4-7-12(11)16-13(18)10-17-9-5-1-2-8-14(17)19;/h3-4,6-7H,1-2,5,8-10,15H2,(H,16,18);1H. The Kier molecular flexibility index (Phi) is 6.31. The summed E-state index contributed by atoms with van der Waals surface area (Å²) in [5.74, 6) is -0.137. The van der Waals surface area contributed by atoms with Gasteiger partial charge in [0.2, 0.25) is 11.8 Å². The van der Waals surface area contributed by atoms with Crippen LogP contribution < -0.4 is 11.1 Å². The first-order valence-electron chi connectivity index (χ1n) is 6.59. The van der Waals surface area contributed by atoms with Gasteiger partial charge in [-0.25, -0.2) is 0 Å². The molecule has 0 saturated carbocycles. The second kappa shape index (κ2) is 7.75. The van der Waals surface area contributed by atoms with E-state index in [1.165, 1.54) is 0 Å². The smallest absolute Gasteiger partial charge is 0.244 e. The molecule has 1 heterocycles. The molecule has 110 valence electrons. The van der Waals surface area contributed by atoms with Crippen LogP contribution in [0.4, 0.5) is 11.4 Å². The number of hydrogen-bond acceptors (Lipinski definition) is 3. The van der Waals surface area contributed by atoms with E-state index in [0.717, 1.165) is 19.3 Å². The molecule has 0 aromatic heterocycles. The van der Waals surface area contributed by atoms with Crippen LogP contribution >= 0.6 is 12.4 Å². The number of halogens is 1. The minimum atomic E-state index is -0.201. The van der Waals surface area contributed by atoms with E-state index in [-0.39, 0.29) is 30.8 Å². The largest absolute Gasteiger partial charge is 0.397 e. The van der Waals surface area contributed by atoms with Gasteiger partial charge >= 0.3 is 0 Å². The molecule has 2 rings (SSSR count). The molecule has 1 aliphatic heterocycles. The topological polar surface area (TPSA) is 75.4 Å². The first kappa shape index (κ1) is 16.3. The maximum absolute atomic E-state index is 11.9. The lowest BCUT2D eigenvalue weighted by atomic mass is 10.2. The zero-order chi connectivity index (χ0) is 13.7. The van der Waals surface area contributed by atoms with Crippen LogP contribution in [0.5, 0.6) is 0 Å². The van der Waals surface area contributed by atoms with Crippen molar-refractivity contribution in [1.29, 1.82) is 0 Å². The van der Waals surface area contributed by atoms with Crippen LogP contribution in [0.3, 0.4) is 0 Å². The van der Waals surface area contributed by atoms with Crippen LogP contribution in [0.1, 0.15) is 25.7 Å². The number of anilines is 2. The first-order valence-corrected chi connectivity index (χ1v) is 6.59. The molecule has 1 aromatic rings. The van der Waals surface area contributed by atoms with Crippen molar-refractivity contribution in [3.63, 3.8) is 0 Å². The summed E-state index contributed by atoms with van der Waals surface area (Å²) < 4.78 is 0. The number of rotatable bonds is 3. The minimum absolute atomic E-state index is 0. The van der Waals surface area contributed by atoms with Gasteiger partial charge in [-0.2, -0.15) is 0 Å². The van der Waals surface area contributed by atoms with Crippen LogP contribution in [-0.2, 0) is 9.59 Å². The van der Waals surface area contributed by atoms with E-state index in [9.17, 15) is 9.59 Å². The van der Waals surface area contributed by atoms with Gasteiger partial charge in [-0.3, -0.25) is 9.59 Å². The van der Waals surface area contributed by atoms with E-state index in [0.29, 0.717) is 24.3 Å². The SMILES string of the molecule is Cl.Nc1ccccc1NC(=O)CN1CCCCCC1=O. The molecule has 1 aromatic carbocycles. The zero-order valence-corrected chi connectivity index (χ0v) is 12.1. The fourth-order valence-corrected chi connectivity index (χ4v) is 2.18. The summed E-state index contributed by atoms with van der Waals surface area (Å²) in [6, 6.07) is 7.09. The average molecular weight is 298 g/mol. The van der Waals surface area contributed by atoms with E-state index in [1.807, 2.05) is 12.1 Å². The Morgan fingerprint density at radius 1 is 1.25 bits per heavy atom. The Labute approximate surface area is 124 Å². The number of likely N-dealkylation sites (tertiary alicyclic amines) is 1. The fourth-order valence-electron chi connectivity index (χ4n) is 2.18. The normalized spacial score (nSPS) is 15.2. The Hall–Kier alpha value is -1.75. The number of carbonyl (C=O) groups excluding carboxylic acids is 2. The lowest BCUT2D eigenvalue weighted by Crippen LogP contribution is -2.37. The quantitative estimate of drug-likeness (QED) is 0.838. The molecular formula is C14H20ClN3O2. The van der Waals surface area contributed by atoms with Gasteiger partial charge in [-0.05, 0) is 25.0 Å². The second-order valence-corrected chi connectivity index (χ2v) is 4.76. The van der Waals surface area contributed by atoms with Crippen molar-refractivity contribution in [2.75, 3.05) is 24.1 Å². The summed E-state index contributed by atoms with van der Waals surface area (Å²) in [6.45, 7) is 0.768. The van der Waals surface area contributed by atoms with Gasteiger partial charge in [0.1, 0.15) is 0 Å². The maximum Gasteiger partial charge on any atom is 0.244 e. The lowest BCUT2D eigenvalue weighted by Gasteiger charge is -2.20. The van der Waals surface area contributed by atoms with E-state index >= 15 is 0 Å². The molecule has 1 fully saturated rings.